The number of aromatic nitrogens is 1. The molecule has 0 unspecified atom stereocenters. The van der Waals surface area contributed by atoms with Gasteiger partial charge in [0.15, 0.2) is 0 Å². The number of amidine groups is 1. The highest BCUT2D eigenvalue weighted by molar-refractivity contribution is 7.13. The third-order valence-corrected chi connectivity index (χ3v) is 3.60. The summed E-state index contributed by atoms with van der Waals surface area (Å²) < 4.78 is 5.66. The van der Waals surface area contributed by atoms with E-state index in [4.69, 9.17) is 15.9 Å². The predicted molar refractivity (Wildman–Crippen MR) is 73.4 cm³/mol. The Labute approximate surface area is 110 Å². The second-order valence-electron chi connectivity index (χ2n) is 4.04. The molecule has 0 aliphatic rings. The summed E-state index contributed by atoms with van der Waals surface area (Å²) in [4.78, 5) is 5.06. The van der Waals surface area contributed by atoms with Crippen LogP contribution in [-0.2, 0) is 6.61 Å². The molecule has 3 N–H and O–H groups in total. The molecule has 0 fully saturated rings. The maximum Gasteiger partial charge on any atom is 0.140 e. The third kappa shape index (κ3) is 2.87. The molecule has 4 nitrogen and oxygen atoms in total. The molecule has 0 radical (unpaired) electrons. The first-order valence-electron chi connectivity index (χ1n) is 5.56. The number of thiazole rings is 1. The molecular weight excluding hydrogens is 246 g/mol. The normalized spacial score (nSPS) is 10.3. The molecule has 1 aromatic heterocycles. The molecule has 0 amide bonds. The summed E-state index contributed by atoms with van der Waals surface area (Å²) in [7, 11) is 0. The zero-order valence-corrected chi connectivity index (χ0v) is 11.2. The van der Waals surface area contributed by atoms with Gasteiger partial charge in [0.2, 0.25) is 0 Å². The lowest BCUT2D eigenvalue weighted by Gasteiger charge is -2.04. The Kier molecular flexibility index (Phi) is 3.62. The van der Waals surface area contributed by atoms with Crippen LogP contribution in [0.1, 0.15) is 21.1 Å². The maximum absolute atomic E-state index is 7.42. The van der Waals surface area contributed by atoms with Crippen molar-refractivity contribution in [3.63, 3.8) is 0 Å². The molecule has 5 heteroatoms. The van der Waals surface area contributed by atoms with Gasteiger partial charge in [-0.25, -0.2) is 4.98 Å². The van der Waals surface area contributed by atoms with Crippen molar-refractivity contribution in [3.8, 4) is 5.75 Å². The number of ether oxygens (including phenoxy) is 1. The van der Waals surface area contributed by atoms with Crippen molar-refractivity contribution in [1.82, 2.24) is 4.98 Å². The number of nitrogens with one attached hydrogen (secondary N) is 1. The van der Waals surface area contributed by atoms with Crippen molar-refractivity contribution in [1.29, 1.82) is 5.41 Å². The second kappa shape index (κ2) is 5.18. The zero-order chi connectivity index (χ0) is 13.1. The van der Waals surface area contributed by atoms with Crippen LogP contribution in [0.2, 0.25) is 0 Å². The van der Waals surface area contributed by atoms with Crippen LogP contribution >= 0.6 is 11.3 Å². The van der Waals surface area contributed by atoms with Crippen molar-refractivity contribution in [3.05, 3.63) is 45.4 Å². The van der Waals surface area contributed by atoms with Gasteiger partial charge in [0, 0.05) is 0 Å². The number of hydrogen-bond donors (Lipinski definition) is 2. The van der Waals surface area contributed by atoms with Crippen molar-refractivity contribution >= 4 is 17.2 Å². The summed E-state index contributed by atoms with van der Waals surface area (Å²) in [5, 5.41) is 8.25. The largest absolute Gasteiger partial charge is 0.486 e. The highest BCUT2D eigenvalue weighted by Crippen LogP contribution is 2.20. The van der Waals surface area contributed by atoms with Crippen LogP contribution in [-0.4, -0.2) is 10.8 Å². The summed E-state index contributed by atoms with van der Waals surface area (Å²) in [6, 6.07) is 7.87. The van der Waals surface area contributed by atoms with Crippen molar-refractivity contribution in [2.45, 2.75) is 20.5 Å². The highest BCUT2D eigenvalue weighted by Gasteiger charge is 2.10. The molecule has 2 rings (SSSR count). The topological polar surface area (TPSA) is 72.0 Å². The van der Waals surface area contributed by atoms with E-state index in [0.29, 0.717) is 6.61 Å². The molecule has 0 bridgehead atoms. The first-order chi connectivity index (χ1) is 8.56. The van der Waals surface area contributed by atoms with Crippen LogP contribution in [0.5, 0.6) is 5.75 Å². The standard InChI is InChI=1S/C13H15N3OS/c1-8-4-3-5-10(6-8)17-7-11-16-9(2)12(18-11)13(14)15/h3-6H,7H2,1-2H3,(H3,14,15). The highest BCUT2D eigenvalue weighted by atomic mass is 32.1. The predicted octanol–water partition coefficient (Wildman–Crippen LogP) is 2.62. The minimum absolute atomic E-state index is 0.0619. The van der Waals surface area contributed by atoms with E-state index in [1.165, 1.54) is 11.3 Å². The molecule has 1 aromatic carbocycles. The molecule has 0 atom stereocenters. The molecule has 0 saturated heterocycles. The van der Waals surface area contributed by atoms with E-state index in [2.05, 4.69) is 4.98 Å². The molecule has 0 saturated carbocycles. The minimum Gasteiger partial charge on any atom is -0.486 e. The van der Waals surface area contributed by atoms with Gasteiger partial charge in [-0.05, 0) is 31.5 Å². The number of nitrogens with zero attached hydrogens (tertiary/aromatic N) is 1. The molecule has 2 aromatic rings. The van der Waals surface area contributed by atoms with E-state index in [1.54, 1.807) is 0 Å². The number of nitrogens with two attached hydrogens (primary N) is 1. The number of nitrogen functional groups attached to an aromatic ring is 1. The molecule has 94 valence electrons. The Morgan fingerprint density at radius 2 is 2.22 bits per heavy atom. The number of benzene rings is 1. The molecule has 18 heavy (non-hydrogen) atoms. The van der Waals surface area contributed by atoms with E-state index in [0.717, 1.165) is 26.9 Å². The minimum atomic E-state index is 0.0619. The van der Waals surface area contributed by atoms with Crippen molar-refractivity contribution in [2.24, 2.45) is 5.73 Å². The van der Waals surface area contributed by atoms with Gasteiger partial charge in [-0.3, -0.25) is 5.41 Å². The van der Waals surface area contributed by atoms with Gasteiger partial charge in [-0.1, -0.05) is 12.1 Å². The molecular formula is C13H15N3OS. The van der Waals surface area contributed by atoms with Crippen LogP contribution in [0.15, 0.2) is 24.3 Å². The molecule has 0 aliphatic carbocycles. The van der Waals surface area contributed by atoms with Crippen LogP contribution in [0, 0.1) is 19.3 Å². The van der Waals surface area contributed by atoms with Gasteiger partial charge >= 0.3 is 0 Å². The second-order valence-corrected chi connectivity index (χ2v) is 5.12. The van der Waals surface area contributed by atoms with Gasteiger partial charge in [0.05, 0.1) is 10.6 Å². The van der Waals surface area contributed by atoms with Crippen molar-refractivity contribution < 1.29 is 4.74 Å². The fraction of sp³-hybridized carbons (Fsp3) is 0.231. The quantitative estimate of drug-likeness (QED) is 0.656. The van der Waals surface area contributed by atoms with Crippen molar-refractivity contribution in [2.75, 3.05) is 0 Å². The Hall–Kier alpha value is -1.88. The van der Waals surface area contributed by atoms with Crippen LogP contribution in [0.25, 0.3) is 0 Å². The summed E-state index contributed by atoms with van der Waals surface area (Å²) >= 11 is 1.41. The lowest BCUT2D eigenvalue weighted by atomic mass is 10.2. The molecule has 0 aliphatic heterocycles. The van der Waals surface area contributed by atoms with Gasteiger partial charge in [0.25, 0.3) is 0 Å². The fourth-order valence-electron chi connectivity index (χ4n) is 1.61. The van der Waals surface area contributed by atoms with E-state index < -0.39 is 0 Å². The smallest absolute Gasteiger partial charge is 0.140 e. The third-order valence-electron chi connectivity index (χ3n) is 2.44. The Bertz CT molecular complexity index is 577. The monoisotopic (exact) mass is 261 g/mol. The lowest BCUT2D eigenvalue weighted by Crippen LogP contribution is -2.10. The van der Waals surface area contributed by atoms with Gasteiger partial charge < -0.3 is 10.5 Å². The average molecular weight is 261 g/mol. The number of rotatable bonds is 4. The fourth-order valence-corrected chi connectivity index (χ4v) is 2.45. The van der Waals surface area contributed by atoms with Crippen LogP contribution in [0.4, 0.5) is 0 Å². The van der Waals surface area contributed by atoms with Crippen LogP contribution in [0.3, 0.4) is 0 Å². The van der Waals surface area contributed by atoms with Gasteiger partial charge in [-0.2, -0.15) is 0 Å². The average Bonchev–Trinajstić information content (AvgIpc) is 2.68. The Morgan fingerprint density at radius 1 is 1.44 bits per heavy atom. The summed E-state index contributed by atoms with van der Waals surface area (Å²) in [6.45, 7) is 4.28. The first kappa shape index (κ1) is 12.6. The summed E-state index contributed by atoms with van der Waals surface area (Å²) in [6.07, 6.45) is 0. The molecule has 1 heterocycles. The lowest BCUT2D eigenvalue weighted by molar-refractivity contribution is 0.305. The summed E-state index contributed by atoms with van der Waals surface area (Å²) in [5.74, 6) is 0.888. The first-order valence-corrected chi connectivity index (χ1v) is 6.38. The van der Waals surface area contributed by atoms with Gasteiger partial charge in [0.1, 0.15) is 23.2 Å². The van der Waals surface area contributed by atoms with E-state index in [9.17, 15) is 0 Å². The van der Waals surface area contributed by atoms with E-state index in [-0.39, 0.29) is 5.84 Å². The molecule has 0 spiro atoms. The number of aryl methyl sites for hydroxylation is 2. The van der Waals surface area contributed by atoms with E-state index >= 15 is 0 Å². The maximum atomic E-state index is 7.42. The Balaban J connectivity index is 2.06. The zero-order valence-electron chi connectivity index (χ0n) is 10.4. The SMILES string of the molecule is Cc1cccc(OCc2nc(C)c(C(=N)N)s2)c1. The van der Waals surface area contributed by atoms with Gasteiger partial charge in [-0.15, -0.1) is 11.3 Å². The van der Waals surface area contributed by atoms with Crippen LogP contribution < -0.4 is 10.5 Å². The number of hydrogen-bond acceptors (Lipinski definition) is 4. The summed E-state index contributed by atoms with van der Waals surface area (Å²) in [5.41, 5.74) is 7.41. The Morgan fingerprint density at radius 3 is 2.83 bits per heavy atom. The van der Waals surface area contributed by atoms with E-state index in [1.807, 2.05) is 38.1 Å².